The molecule has 0 spiro atoms. The molecule has 0 rings (SSSR count). The van der Waals surface area contributed by atoms with E-state index in [1.165, 1.54) is 0 Å². The van der Waals surface area contributed by atoms with Crippen molar-refractivity contribution in [3.05, 3.63) is 23.8 Å². The number of carbonyl (C=O) groups excluding carboxylic acids is 1. The third kappa shape index (κ3) is 3.17. The highest BCUT2D eigenvalue weighted by Crippen LogP contribution is 2.19. The van der Waals surface area contributed by atoms with Crippen LogP contribution in [-0.2, 0) is 4.79 Å². The standard InChI is InChI=1S/C12H20O/c1-6-9(4)11(8-3)12(13)10(5)7-2/h8-9H,5-7H2,1-4H3. The second kappa shape index (κ2) is 5.74. The molecule has 13 heavy (non-hydrogen) atoms. The molecular formula is C12H20O. The Morgan fingerprint density at radius 3 is 2.31 bits per heavy atom. The van der Waals surface area contributed by atoms with Gasteiger partial charge in [0.25, 0.3) is 0 Å². The summed E-state index contributed by atoms with van der Waals surface area (Å²) >= 11 is 0. The largest absolute Gasteiger partial charge is 0.289 e. The number of rotatable bonds is 5. The maximum atomic E-state index is 11.7. The molecule has 0 amide bonds. The summed E-state index contributed by atoms with van der Waals surface area (Å²) in [7, 11) is 0. The Labute approximate surface area is 81.5 Å². The van der Waals surface area contributed by atoms with E-state index < -0.39 is 0 Å². The Kier molecular flexibility index (Phi) is 5.36. The van der Waals surface area contributed by atoms with Crippen LogP contribution in [0.2, 0.25) is 0 Å². The van der Waals surface area contributed by atoms with Crippen LogP contribution < -0.4 is 0 Å². The summed E-state index contributed by atoms with van der Waals surface area (Å²) in [6.07, 6.45) is 3.66. The maximum absolute atomic E-state index is 11.7. The van der Waals surface area contributed by atoms with E-state index in [0.29, 0.717) is 11.5 Å². The molecule has 0 heterocycles. The minimum Gasteiger partial charge on any atom is -0.289 e. The molecule has 1 unspecified atom stereocenters. The fourth-order valence-electron chi connectivity index (χ4n) is 1.22. The van der Waals surface area contributed by atoms with Gasteiger partial charge in [-0.25, -0.2) is 0 Å². The summed E-state index contributed by atoms with van der Waals surface area (Å²) in [6.45, 7) is 11.8. The lowest BCUT2D eigenvalue weighted by Crippen LogP contribution is -2.11. The second-order valence-corrected chi connectivity index (χ2v) is 3.34. The van der Waals surface area contributed by atoms with Gasteiger partial charge in [0, 0.05) is 0 Å². The molecule has 0 aliphatic heterocycles. The summed E-state index contributed by atoms with van der Waals surface area (Å²) in [5.74, 6) is 0.486. The van der Waals surface area contributed by atoms with Crippen LogP contribution in [0.3, 0.4) is 0 Å². The molecule has 0 aromatic carbocycles. The van der Waals surface area contributed by atoms with Crippen molar-refractivity contribution < 1.29 is 4.79 Å². The number of hydrogen-bond donors (Lipinski definition) is 0. The molecule has 74 valence electrons. The molecule has 0 saturated heterocycles. The first-order chi connectivity index (χ1) is 6.08. The average Bonchev–Trinajstić information content (AvgIpc) is 2.17. The third-order valence-electron chi connectivity index (χ3n) is 2.46. The predicted molar refractivity (Wildman–Crippen MR) is 57.7 cm³/mol. The van der Waals surface area contributed by atoms with Gasteiger partial charge in [0.1, 0.15) is 0 Å². The van der Waals surface area contributed by atoms with Gasteiger partial charge >= 0.3 is 0 Å². The highest BCUT2D eigenvalue weighted by Gasteiger charge is 2.15. The van der Waals surface area contributed by atoms with Crippen molar-refractivity contribution in [3.63, 3.8) is 0 Å². The van der Waals surface area contributed by atoms with E-state index >= 15 is 0 Å². The van der Waals surface area contributed by atoms with Crippen LogP contribution in [0.5, 0.6) is 0 Å². The van der Waals surface area contributed by atoms with Crippen molar-refractivity contribution in [1.29, 1.82) is 0 Å². The van der Waals surface area contributed by atoms with Gasteiger partial charge in [-0.1, -0.05) is 33.4 Å². The number of hydrogen-bond acceptors (Lipinski definition) is 1. The van der Waals surface area contributed by atoms with Crippen LogP contribution in [-0.4, -0.2) is 5.78 Å². The first kappa shape index (κ1) is 12.2. The van der Waals surface area contributed by atoms with E-state index in [9.17, 15) is 4.79 Å². The fraction of sp³-hybridized carbons (Fsp3) is 0.583. The lowest BCUT2D eigenvalue weighted by Gasteiger charge is -2.13. The molecule has 0 bridgehead atoms. The first-order valence-corrected chi connectivity index (χ1v) is 4.97. The van der Waals surface area contributed by atoms with Crippen molar-refractivity contribution in [3.8, 4) is 0 Å². The zero-order chi connectivity index (χ0) is 10.4. The van der Waals surface area contributed by atoms with Gasteiger partial charge in [0.15, 0.2) is 5.78 Å². The van der Waals surface area contributed by atoms with Gasteiger partial charge in [-0.05, 0) is 36.8 Å². The van der Waals surface area contributed by atoms with Crippen LogP contribution in [0.1, 0.15) is 40.5 Å². The van der Waals surface area contributed by atoms with Crippen molar-refractivity contribution in [2.45, 2.75) is 40.5 Å². The van der Waals surface area contributed by atoms with Gasteiger partial charge in [0.05, 0.1) is 0 Å². The van der Waals surface area contributed by atoms with E-state index in [1.807, 2.05) is 19.9 Å². The molecule has 0 fully saturated rings. The van der Waals surface area contributed by atoms with Crippen LogP contribution in [0, 0.1) is 5.92 Å². The molecule has 1 heteroatoms. The Balaban J connectivity index is 4.62. The van der Waals surface area contributed by atoms with Crippen LogP contribution in [0.25, 0.3) is 0 Å². The fourth-order valence-corrected chi connectivity index (χ4v) is 1.22. The Morgan fingerprint density at radius 2 is 2.00 bits per heavy atom. The maximum Gasteiger partial charge on any atom is 0.184 e. The van der Waals surface area contributed by atoms with E-state index in [1.54, 1.807) is 0 Å². The van der Waals surface area contributed by atoms with E-state index in [0.717, 1.165) is 18.4 Å². The first-order valence-electron chi connectivity index (χ1n) is 4.97. The number of allylic oxidation sites excluding steroid dienone is 3. The zero-order valence-corrected chi connectivity index (χ0v) is 9.18. The topological polar surface area (TPSA) is 17.1 Å². The van der Waals surface area contributed by atoms with E-state index in [2.05, 4.69) is 20.4 Å². The molecule has 0 N–H and O–H groups in total. The Morgan fingerprint density at radius 1 is 1.46 bits per heavy atom. The van der Waals surface area contributed by atoms with E-state index in [-0.39, 0.29) is 5.78 Å². The normalized spacial score (nSPS) is 14.0. The minimum absolute atomic E-state index is 0.138. The van der Waals surface area contributed by atoms with Crippen LogP contribution >= 0.6 is 0 Å². The van der Waals surface area contributed by atoms with Crippen molar-refractivity contribution in [2.75, 3.05) is 0 Å². The van der Waals surface area contributed by atoms with Crippen LogP contribution in [0.15, 0.2) is 23.8 Å². The SMILES string of the molecule is C=C(CC)C(=O)C(=CC)C(C)CC. The molecule has 0 aromatic heterocycles. The van der Waals surface area contributed by atoms with Crippen LogP contribution in [0.4, 0.5) is 0 Å². The monoisotopic (exact) mass is 180 g/mol. The second-order valence-electron chi connectivity index (χ2n) is 3.34. The van der Waals surface area contributed by atoms with Crippen molar-refractivity contribution in [2.24, 2.45) is 5.92 Å². The highest BCUT2D eigenvalue weighted by molar-refractivity contribution is 6.07. The lowest BCUT2D eigenvalue weighted by molar-refractivity contribution is -0.112. The van der Waals surface area contributed by atoms with Crippen molar-refractivity contribution in [1.82, 2.24) is 0 Å². The molecular weight excluding hydrogens is 160 g/mol. The average molecular weight is 180 g/mol. The summed E-state index contributed by atoms with van der Waals surface area (Å²) in [5, 5.41) is 0. The molecule has 1 atom stereocenters. The van der Waals surface area contributed by atoms with E-state index in [4.69, 9.17) is 0 Å². The summed E-state index contributed by atoms with van der Waals surface area (Å²) in [5.41, 5.74) is 1.63. The molecule has 0 aromatic rings. The Bertz CT molecular complexity index is 223. The zero-order valence-electron chi connectivity index (χ0n) is 9.18. The summed E-state index contributed by atoms with van der Waals surface area (Å²) < 4.78 is 0. The molecule has 0 radical (unpaired) electrons. The van der Waals surface area contributed by atoms with Gasteiger partial charge in [-0.2, -0.15) is 0 Å². The molecule has 0 aliphatic carbocycles. The number of carbonyl (C=O) groups is 1. The van der Waals surface area contributed by atoms with Crippen molar-refractivity contribution >= 4 is 5.78 Å². The number of ketones is 1. The predicted octanol–water partition coefficient (Wildman–Crippen LogP) is 3.51. The van der Waals surface area contributed by atoms with Gasteiger partial charge in [-0.3, -0.25) is 4.79 Å². The van der Waals surface area contributed by atoms with Gasteiger partial charge in [-0.15, -0.1) is 0 Å². The summed E-state index contributed by atoms with van der Waals surface area (Å²) in [4.78, 5) is 11.7. The lowest BCUT2D eigenvalue weighted by atomic mass is 9.91. The summed E-state index contributed by atoms with van der Waals surface area (Å²) in [6, 6.07) is 0. The molecule has 1 nitrogen and oxygen atoms in total. The molecule has 0 aliphatic rings. The smallest absolute Gasteiger partial charge is 0.184 e. The minimum atomic E-state index is 0.138. The van der Waals surface area contributed by atoms with Gasteiger partial charge in [0.2, 0.25) is 0 Å². The quantitative estimate of drug-likeness (QED) is 0.592. The third-order valence-corrected chi connectivity index (χ3v) is 2.46. The highest BCUT2D eigenvalue weighted by atomic mass is 16.1. The molecule has 0 saturated carbocycles. The van der Waals surface area contributed by atoms with Gasteiger partial charge < -0.3 is 0 Å². The number of Topliss-reactive ketones (excluding diaryl/α,β-unsaturated/α-hetero) is 1. The Hall–Kier alpha value is -0.850.